The highest BCUT2D eigenvalue weighted by Gasteiger charge is 2.27. The average molecular weight is 292 g/mol. The number of halogens is 3. The molecule has 16 heavy (non-hydrogen) atoms. The van der Waals surface area contributed by atoms with Crippen LogP contribution in [0.4, 0.5) is 8.78 Å². The molecule has 0 amide bonds. The van der Waals surface area contributed by atoms with Crippen molar-refractivity contribution in [2.75, 3.05) is 6.54 Å². The van der Waals surface area contributed by atoms with Crippen LogP contribution < -0.4 is 5.73 Å². The van der Waals surface area contributed by atoms with Crippen LogP contribution in [0, 0.1) is 5.82 Å². The molecule has 2 N–H and O–H groups in total. The maximum Gasteiger partial charge on any atom is 0.137 e. The summed E-state index contributed by atoms with van der Waals surface area (Å²) in [5.41, 5.74) is 4.82. The minimum Gasteiger partial charge on any atom is -0.328 e. The lowest BCUT2D eigenvalue weighted by molar-refractivity contribution is 0.158. The van der Waals surface area contributed by atoms with Crippen molar-refractivity contribution in [2.24, 2.45) is 5.73 Å². The summed E-state index contributed by atoms with van der Waals surface area (Å²) in [5, 5.41) is 0. The molecule has 0 bridgehead atoms. The number of alkyl halides is 1. The van der Waals surface area contributed by atoms with E-state index in [0.29, 0.717) is 10.9 Å². The topological polar surface area (TPSA) is 26.0 Å². The molecule has 1 aromatic rings. The van der Waals surface area contributed by atoms with Crippen molar-refractivity contribution in [3.63, 3.8) is 0 Å². The Kier molecular flexibility index (Phi) is 4.87. The van der Waals surface area contributed by atoms with E-state index in [9.17, 15) is 8.78 Å². The molecular weight excluding hydrogens is 276 g/mol. The predicted molar refractivity (Wildman–Crippen MR) is 65.6 cm³/mol. The number of nitrogens with two attached hydrogens (primary N) is 1. The van der Waals surface area contributed by atoms with Crippen LogP contribution in [0.25, 0.3) is 0 Å². The summed E-state index contributed by atoms with van der Waals surface area (Å²) in [5.74, 6) is -0.337. The van der Waals surface area contributed by atoms with Gasteiger partial charge in [0.05, 0.1) is 4.47 Å². The first-order valence-corrected chi connectivity index (χ1v) is 6.13. The molecule has 0 spiro atoms. The first-order chi connectivity index (χ1) is 7.50. The van der Waals surface area contributed by atoms with Crippen LogP contribution in [0.3, 0.4) is 0 Å². The minimum absolute atomic E-state index is 0.00413. The van der Waals surface area contributed by atoms with E-state index in [2.05, 4.69) is 15.9 Å². The molecule has 0 aromatic heterocycles. The number of benzene rings is 1. The zero-order chi connectivity index (χ0) is 12.2. The molecule has 0 aliphatic rings. The molecule has 0 saturated heterocycles. The minimum atomic E-state index is -1.38. The Balaban J connectivity index is 2.81. The molecule has 1 rings (SSSR count). The highest BCUT2D eigenvalue weighted by atomic mass is 79.9. The van der Waals surface area contributed by atoms with Crippen LogP contribution >= 0.6 is 15.9 Å². The van der Waals surface area contributed by atoms with E-state index in [-0.39, 0.29) is 18.8 Å². The second-order valence-corrected chi connectivity index (χ2v) is 4.88. The molecule has 0 fully saturated rings. The lowest BCUT2D eigenvalue weighted by Gasteiger charge is -2.23. The average Bonchev–Trinajstić information content (AvgIpc) is 2.24. The van der Waals surface area contributed by atoms with Gasteiger partial charge in [-0.3, -0.25) is 0 Å². The summed E-state index contributed by atoms with van der Waals surface area (Å²) in [6, 6.07) is 4.54. The third kappa shape index (κ3) is 3.52. The van der Waals surface area contributed by atoms with Crippen molar-refractivity contribution < 1.29 is 8.78 Å². The lowest BCUT2D eigenvalue weighted by Crippen LogP contribution is -2.35. The highest BCUT2D eigenvalue weighted by molar-refractivity contribution is 9.10. The third-order valence-electron chi connectivity index (χ3n) is 2.57. The quantitative estimate of drug-likeness (QED) is 0.881. The second kappa shape index (κ2) is 5.73. The molecule has 1 nitrogen and oxygen atoms in total. The van der Waals surface area contributed by atoms with Gasteiger partial charge in [-0.25, -0.2) is 8.78 Å². The number of rotatable bonds is 5. The molecule has 0 radical (unpaired) electrons. The van der Waals surface area contributed by atoms with E-state index in [4.69, 9.17) is 5.73 Å². The van der Waals surface area contributed by atoms with Gasteiger partial charge in [-0.2, -0.15) is 0 Å². The molecule has 1 atom stereocenters. The Labute approximate surface area is 103 Å². The van der Waals surface area contributed by atoms with Crippen molar-refractivity contribution in [2.45, 2.75) is 31.9 Å². The van der Waals surface area contributed by atoms with Crippen LogP contribution in [0.2, 0.25) is 0 Å². The fourth-order valence-corrected chi connectivity index (χ4v) is 2.15. The number of hydrogen-bond donors (Lipinski definition) is 1. The van der Waals surface area contributed by atoms with Gasteiger partial charge in [-0.05, 0) is 40.0 Å². The van der Waals surface area contributed by atoms with Crippen molar-refractivity contribution in [1.82, 2.24) is 0 Å². The Morgan fingerprint density at radius 2 is 2.12 bits per heavy atom. The normalized spacial score (nSPS) is 14.8. The van der Waals surface area contributed by atoms with Gasteiger partial charge in [0.25, 0.3) is 0 Å². The Morgan fingerprint density at radius 1 is 1.44 bits per heavy atom. The van der Waals surface area contributed by atoms with E-state index in [0.717, 1.165) is 12.0 Å². The standard InChI is InChI=1S/C12H16BrF2N/c1-2-5-12(15,8-16)7-9-3-4-11(14)10(13)6-9/h3-4,6H,2,5,7-8,16H2,1H3. The molecule has 90 valence electrons. The smallest absolute Gasteiger partial charge is 0.137 e. The number of hydrogen-bond acceptors (Lipinski definition) is 1. The fourth-order valence-electron chi connectivity index (χ4n) is 1.73. The zero-order valence-corrected chi connectivity index (χ0v) is 10.9. The van der Waals surface area contributed by atoms with E-state index < -0.39 is 5.67 Å². The van der Waals surface area contributed by atoms with Crippen molar-refractivity contribution >= 4 is 15.9 Å². The van der Waals surface area contributed by atoms with Gasteiger partial charge >= 0.3 is 0 Å². The first-order valence-electron chi connectivity index (χ1n) is 5.33. The maximum atomic E-state index is 14.2. The lowest BCUT2D eigenvalue weighted by atomic mass is 9.92. The SMILES string of the molecule is CCCC(F)(CN)Cc1ccc(F)c(Br)c1. The molecule has 1 unspecified atom stereocenters. The summed E-state index contributed by atoms with van der Waals surface area (Å²) in [4.78, 5) is 0. The maximum absolute atomic E-state index is 14.2. The van der Waals surface area contributed by atoms with Crippen LogP contribution in [-0.4, -0.2) is 12.2 Å². The van der Waals surface area contributed by atoms with Crippen LogP contribution in [-0.2, 0) is 6.42 Å². The van der Waals surface area contributed by atoms with E-state index in [1.807, 2.05) is 6.92 Å². The van der Waals surface area contributed by atoms with Gasteiger partial charge in [-0.15, -0.1) is 0 Å². The molecule has 1 aromatic carbocycles. The predicted octanol–water partition coefficient (Wildman–Crippen LogP) is 3.60. The summed E-state index contributed by atoms with van der Waals surface area (Å²) >= 11 is 3.09. The first kappa shape index (κ1) is 13.6. The van der Waals surface area contributed by atoms with E-state index in [1.54, 1.807) is 12.1 Å². The molecule has 0 heterocycles. The molecule has 4 heteroatoms. The largest absolute Gasteiger partial charge is 0.328 e. The van der Waals surface area contributed by atoms with Gasteiger partial charge in [0, 0.05) is 13.0 Å². The summed E-state index contributed by atoms with van der Waals surface area (Å²) in [6.07, 6.45) is 1.41. The molecule has 0 saturated carbocycles. The highest BCUT2D eigenvalue weighted by Crippen LogP contribution is 2.25. The van der Waals surface area contributed by atoms with E-state index >= 15 is 0 Å². The van der Waals surface area contributed by atoms with Gasteiger partial charge in [0.15, 0.2) is 0 Å². The zero-order valence-electron chi connectivity index (χ0n) is 9.27. The summed E-state index contributed by atoms with van der Waals surface area (Å²) in [6.45, 7) is 1.92. The van der Waals surface area contributed by atoms with Crippen LogP contribution in [0.1, 0.15) is 25.3 Å². The van der Waals surface area contributed by atoms with Crippen molar-refractivity contribution in [3.05, 3.63) is 34.1 Å². The van der Waals surface area contributed by atoms with E-state index in [1.165, 1.54) is 6.07 Å². The van der Waals surface area contributed by atoms with Crippen molar-refractivity contribution in [3.8, 4) is 0 Å². The monoisotopic (exact) mass is 291 g/mol. The van der Waals surface area contributed by atoms with Gasteiger partial charge in [0.1, 0.15) is 11.5 Å². The molecular formula is C12H16BrF2N. The summed E-state index contributed by atoms with van der Waals surface area (Å²) < 4.78 is 27.6. The third-order valence-corrected chi connectivity index (χ3v) is 3.18. The van der Waals surface area contributed by atoms with Gasteiger partial charge in [-0.1, -0.05) is 19.4 Å². The Morgan fingerprint density at radius 3 is 2.62 bits per heavy atom. The Hall–Kier alpha value is -0.480. The molecule has 0 aliphatic heterocycles. The summed E-state index contributed by atoms with van der Waals surface area (Å²) in [7, 11) is 0. The molecule has 0 aliphatic carbocycles. The second-order valence-electron chi connectivity index (χ2n) is 4.03. The van der Waals surface area contributed by atoms with Crippen LogP contribution in [0.15, 0.2) is 22.7 Å². The van der Waals surface area contributed by atoms with Crippen LogP contribution in [0.5, 0.6) is 0 Å². The van der Waals surface area contributed by atoms with Gasteiger partial charge in [0.2, 0.25) is 0 Å². The van der Waals surface area contributed by atoms with Crippen molar-refractivity contribution in [1.29, 1.82) is 0 Å². The Bertz CT molecular complexity index is 357. The van der Waals surface area contributed by atoms with Gasteiger partial charge < -0.3 is 5.73 Å². The fraction of sp³-hybridized carbons (Fsp3) is 0.500.